The van der Waals surface area contributed by atoms with Crippen molar-refractivity contribution < 1.29 is 0 Å². The van der Waals surface area contributed by atoms with Crippen molar-refractivity contribution in [3.05, 3.63) is 102 Å². The number of fused-ring (bicyclic) bond motifs is 2. The van der Waals surface area contributed by atoms with Gasteiger partial charge >= 0.3 is 0 Å². The van der Waals surface area contributed by atoms with Crippen molar-refractivity contribution in [2.24, 2.45) is 11.8 Å². The molecule has 0 saturated carbocycles. The monoisotopic (exact) mass is 355 g/mol. The van der Waals surface area contributed by atoms with Gasteiger partial charge in [0.15, 0.2) is 0 Å². The Bertz CT molecular complexity index is 1200. The highest BCUT2D eigenvalue weighted by Crippen LogP contribution is 2.22. The average molecular weight is 355 g/mol. The van der Waals surface area contributed by atoms with Crippen LogP contribution < -0.4 is 0 Å². The molecule has 0 spiro atoms. The first-order valence-corrected chi connectivity index (χ1v) is 9.41. The second-order valence-electron chi connectivity index (χ2n) is 6.93. The molecular weight excluding hydrogens is 338 g/mol. The van der Waals surface area contributed by atoms with Crippen LogP contribution in [-0.2, 0) is 0 Å². The number of hydrogen-bond acceptors (Lipinski definition) is 1. The third-order valence-corrected chi connectivity index (χ3v) is 4.87. The molecule has 5 rings (SSSR count). The van der Waals surface area contributed by atoms with Crippen molar-refractivity contribution in [1.29, 1.82) is 0 Å². The molecule has 1 aromatic heterocycles. The molecule has 0 radical (unpaired) electrons. The molecule has 0 saturated heterocycles. The van der Waals surface area contributed by atoms with Crippen LogP contribution in [0.5, 0.6) is 0 Å². The molecule has 1 nitrogen and oxygen atoms in total. The molecule has 0 fully saturated rings. The van der Waals surface area contributed by atoms with Crippen LogP contribution in [0.2, 0.25) is 0 Å². The van der Waals surface area contributed by atoms with Gasteiger partial charge in [0.2, 0.25) is 0 Å². The average Bonchev–Trinajstić information content (AvgIpc) is 3.43. The predicted octanol–water partition coefficient (Wildman–Crippen LogP) is 5.58. The molecule has 2 aliphatic carbocycles. The van der Waals surface area contributed by atoms with Crippen LogP contribution >= 0.6 is 0 Å². The van der Waals surface area contributed by atoms with Crippen LogP contribution in [0.25, 0.3) is 21.8 Å². The maximum Gasteiger partial charge on any atom is 0.0710 e. The van der Waals surface area contributed by atoms with Crippen LogP contribution in [0.4, 0.5) is 0 Å². The zero-order chi connectivity index (χ0) is 18.8. The maximum absolute atomic E-state index is 4.79. The van der Waals surface area contributed by atoms with E-state index >= 15 is 0 Å². The highest BCUT2D eigenvalue weighted by Gasteiger charge is 2.03. The number of aromatic nitrogens is 1. The number of nitrogens with zero attached hydrogens (tertiary/aromatic N) is 1. The van der Waals surface area contributed by atoms with Gasteiger partial charge in [-0.15, -0.1) is 0 Å². The van der Waals surface area contributed by atoms with Gasteiger partial charge in [-0.1, -0.05) is 72.3 Å². The molecule has 1 heteroatoms. The fraction of sp³-hybridized carbons (Fsp3) is 0.0741. The van der Waals surface area contributed by atoms with Gasteiger partial charge in [0.1, 0.15) is 0 Å². The van der Waals surface area contributed by atoms with Gasteiger partial charge in [-0.2, -0.15) is 0 Å². The second kappa shape index (κ2) is 7.07. The molecule has 0 atom stereocenters. The molecule has 2 aliphatic rings. The maximum atomic E-state index is 4.79. The van der Waals surface area contributed by atoms with Crippen molar-refractivity contribution in [2.45, 2.75) is 0 Å². The van der Waals surface area contributed by atoms with E-state index in [1.54, 1.807) is 0 Å². The van der Waals surface area contributed by atoms with Crippen molar-refractivity contribution in [3.8, 4) is 23.7 Å². The number of pyridine rings is 1. The molecule has 0 N–H and O–H groups in total. The van der Waals surface area contributed by atoms with Crippen LogP contribution in [0, 0.1) is 35.5 Å². The minimum Gasteiger partial charge on any atom is -0.248 e. The van der Waals surface area contributed by atoms with Crippen LogP contribution in [0.3, 0.4) is 0 Å². The van der Waals surface area contributed by atoms with E-state index in [9.17, 15) is 0 Å². The minimum absolute atomic E-state index is 0.219. The van der Waals surface area contributed by atoms with Gasteiger partial charge in [-0.3, -0.25) is 0 Å². The van der Waals surface area contributed by atoms with E-state index in [0.717, 1.165) is 32.9 Å². The van der Waals surface area contributed by atoms with Gasteiger partial charge in [0, 0.05) is 21.9 Å². The lowest BCUT2D eigenvalue weighted by Gasteiger charge is -2.03. The Morgan fingerprint density at radius 3 is 1.50 bits per heavy atom. The summed E-state index contributed by atoms with van der Waals surface area (Å²) in [5.41, 5.74) is 3.99. The number of rotatable bonds is 0. The fourth-order valence-corrected chi connectivity index (χ4v) is 3.39. The molecule has 28 heavy (non-hydrogen) atoms. The summed E-state index contributed by atoms with van der Waals surface area (Å²) in [6.45, 7) is 0. The smallest absolute Gasteiger partial charge is 0.0710 e. The topological polar surface area (TPSA) is 12.9 Å². The van der Waals surface area contributed by atoms with E-state index in [2.05, 4.69) is 66.2 Å². The molecule has 0 amide bonds. The zero-order valence-corrected chi connectivity index (χ0v) is 15.3. The summed E-state index contributed by atoms with van der Waals surface area (Å²) in [5.74, 6) is 13.5. The van der Waals surface area contributed by atoms with Gasteiger partial charge in [0.25, 0.3) is 0 Å². The molecule has 0 aliphatic heterocycles. The lowest BCUT2D eigenvalue weighted by molar-refractivity contribution is 1.15. The quantitative estimate of drug-likeness (QED) is 0.379. The molecule has 130 valence electrons. The Hall–Kier alpha value is -3.81. The summed E-state index contributed by atoms with van der Waals surface area (Å²) < 4.78 is 0. The summed E-state index contributed by atoms with van der Waals surface area (Å²) in [5, 5.41) is 2.20. The third kappa shape index (κ3) is 3.39. The van der Waals surface area contributed by atoms with Crippen LogP contribution in [0.1, 0.15) is 11.1 Å². The second-order valence-corrected chi connectivity index (χ2v) is 6.93. The minimum atomic E-state index is 0.219. The Balaban J connectivity index is 1.50. The SMILES string of the molecule is C(#CC1C=CC=C1)c1ccc2nc3ccc(C#CC4C=CC=C4)cc3cc2c1. The van der Waals surface area contributed by atoms with Crippen molar-refractivity contribution in [2.75, 3.05) is 0 Å². The van der Waals surface area contributed by atoms with Gasteiger partial charge in [-0.05, 0) is 42.5 Å². The van der Waals surface area contributed by atoms with E-state index in [4.69, 9.17) is 4.98 Å². The van der Waals surface area contributed by atoms with Gasteiger partial charge in [-0.25, -0.2) is 4.98 Å². The molecule has 2 aromatic carbocycles. The summed E-state index contributed by atoms with van der Waals surface area (Å²) in [6.07, 6.45) is 16.5. The number of benzene rings is 2. The van der Waals surface area contributed by atoms with E-state index < -0.39 is 0 Å². The summed E-state index contributed by atoms with van der Waals surface area (Å²) in [4.78, 5) is 4.79. The number of hydrogen-bond donors (Lipinski definition) is 0. The van der Waals surface area contributed by atoms with E-state index in [1.807, 2.05) is 48.6 Å². The van der Waals surface area contributed by atoms with Gasteiger partial charge in [0.05, 0.1) is 22.9 Å². The first kappa shape index (κ1) is 16.4. The normalized spacial score (nSPS) is 15.1. The molecule has 0 bridgehead atoms. The fourth-order valence-electron chi connectivity index (χ4n) is 3.39. The Labute approximate surface area is 164 Å². The van der Waals surface area contributed by atoms with Crippen molar-refractivity contribution in [1.82, 2.24) is 4.98 Å². The van der Waals surface area contributed by atoms with Crippen molar-refractivity contribution in [3.63, 3.8) is 0 Å². The van der Waals surface area contributed by atoms with Gasteiger partial charge < -0.3 is 0 Å². The highest BCUT2D eigenvalue weighted by molar-refractivity contribution is 5.93. The van der Waals surface area contributed by atoms with E-state index in [1.165, 1.54) is 0 Å². The first-order chi connectivity index (χ1) is 13.8. The van der Waals surface area contributed by atoms with E-state index in [0.29, 0.717) is 0 Å². The third-order valence-electron chi connectivity index (χ3n) is 4.87. The molecular formula is C27H17N. The lowest BCUT2D eigenvalue weighted by Crippen LogP contribution is -1.87. The predicted molar refractivity (Wildman–Crippen MR) is 117 cm³/mol. The largest absolute Gasteiger partial charge is 0.248 e. The summed E-state index contributed by atoms with van der Waals surface area (Å²) in [7, 11) is 0. The summed E-state index contributed by atoms with van der Waals surface area (Å²) >= 11 is 0. The summed E-state index contributed by atoms with van der Waals surface area (Å²) in [6, 6.07) is 14.6. The Kier molecular flexibility index (Phi) is 4.13. The van der Waals surface area contributed by atoms with Crippen LogP contribution in [-0.4, -0.2) is 4.98 Å². The van der Waals surface area contributed by atoms with E-state index in [-0.39, 0.29) is 11.8 Å². The lowest BCUT2D eigenvalue weighted by atomic mass is 10.1. The van der Waals surface area contributed by atoms with Crippen molar-refractivity contribution >= 4 is 21.8 Å². The molecule has 3 aromatic rings. The molecule has 0 unspecified atom stereocenters. The molecule has 1 heterocycles. The standard InChI is InChI=1S/C27H17N/c1-2-6-20(5-1)9-11-22-13-15-26-24(17-22)19-25-18-23(14-16-27(25)28-26)12-10-21-7-3-4-8-21/h1-8,13-21H. The Morgan fingerprint density at radius 1 is 0.571 bits per heavy atom. The highest BCUT2D eigenvalue weighted by atomic mass is 14.7. The Morgan fingerprint density at radius 2 is 1.04 bits per heavy atom. The number of allylic oxidation sites excluding steroid dienone is 8. The first-order valence-electron chi connectivity index (χ1n) is 9.41. The zero-order valence-electron chi connectivity index (χ0n) is 15.3. The van der Waals surface area contributed by atoms with Crippen LogP contribution in [0.15, 0.2) is 91.1 Å².